The number of pyridine rings is 2. The van der Waals surface area contributed by atoms with Gasteiger partial charge in [-0.25, -0.2) is 18.7 Å². The summed E-state index contributed by atoms with van der Waals surface area (Å²) in [6.07, 6.45) is -4.23. The van der Waals surface area contributed by atoms with Crippen LogP contribution in [0.1, 0.15) is 45.7 Å². The zero-order chi connectivity index (χ0) is 34.1. The van der Waals surface area contributed by atoms with Crippen LogP contribution in [0.5, 0.6) is 11.6 Å². The van der Waals surface area contributed by atoms with Crippen molar-refractivity contribution >= 4 is 33.4 Å². The lowest BCUT2D eigenvalue weighted by molar-refractivity contribution is -0.152. The third-order valence-corrected chi connectivity index (χ3v) is 10.3. The highest BCUT2D eigenvalue weighted by Crippen LogP contribution is 2.70. The highest BCUT2D eigenvalue weighted by atomic mass is 35.5. The van der Waals surface area contributed by atoms with Crippen LogP contribution in [-0.4, -0.2) is 33.4 Å². The number of rotatable bonds is 6. The Morgan fingerprint density at radius 3 is 2.41 bits per heavy atom. The predicted octanol–water partition coefficient (Wildman–Crippen LogP) is 7.75. The van der Waals surface area contributed by atoms with Gasteiger partial charge in [-0.15, -0.1) is 0 Å². The minimum Gasteiger partial charge on any atom is -0.481 e. The number of fused-ring (bicyclic) bond motifs is 5. The van der Waals surface area contributed by atoms with Crippen molar-refractivity contribution in [2.24, 2.45) is 5.92 Å². The molecule has 2 N–H and O–H groups in total. The van der Waals surface area contributed by atoms with E-state index >= 15 is 0 Å². The van der Waals surface area contributed by atoms with Crippen molar-refractivity contribution < 1.29 is 28.5 Å². The molecule has 0 bridgehead atoms. The van der Waals surface area contributed by atoms with Gasteiger partial charge in [0.1, 0.15) is 10.9 Å². The number of benzene rings is 4. The quantitative estimate of drug-likeness (QED) is 0.137. The molecule has 0 radical (unpaired) electrons. The van der Waals surface area contributed by atoms with Gasteiger partial charge in [0.05, 0.1) is 41.4 Å². The number of hydrogen-bond acceptors (Lipinski definition) is 7. The van der Waals surface area contributed by atoms with Crippen molar-refractivity contribution in [1.82, 2.24) is 9.97 Å². The fourth-order valence-electron chi connectivity index (χ4n) is 8.10. The number of alkyl halides is 2. The lowest BCUT2D eigenvalue weighted by atomic mass is 9.70. The number of halogens is 3. The Morgan fingerprint density at radius 1 is 0.959 bits per heavy atom. The summed E-state index contributed by atoms with van der Waals surface area (Å²) in [5.41, 5.74) is -0.732. The van der Waals surface area contributed by atoms with Crippen molar-refractivity contribution in [3.05, 3.63) is 142 Å². The Bertz CT molecular complexity index is 2300. The first-order chi connectivity index (χ1) is 23.7. The molecule has 1 fully saturated rings. The molecule has 8 rings (SSSR count). The van der Waals surface area contributed by atoms with Gasteiger partial charge >= 0.3 is 0 Å². The van der Waals surface area contributed by atoms with E-state index < -0.39 is 35.6 Å². The Balaban J connectivity index is 1.41. The molecule has 2 aromatic heterocycles. The molecule has 1 aliphatic heterocycles. The normalized spacial score (nSPS) is 24.1. The zero-order valence-electron chi connectivity index (χ0n) is 26.0. The summed E-state index contributed by atoms with van der Waals surface area (Å²) in [5.74, 6) is -1.41. The number of ether oxygens (including phenoxy) is 2. The average Bonchev–Trinajstić information content (AvgIpc) is 3.48. The van der Waals surface area contributed by atoms with Crippen LogP contribution in [0, 0.1) is 17.2 Å². The second-order valence-electron chi connectivity index (χ2n) is 12.6. The molecule has 1 saturated carbocycles. The van der Waals surface area contributed by atoms with Crippen LogP contribution in [-0.2, 0) is 17.6 Å². The van der Waals surface area contributed by atoms with Gasteiger partial charge in [0, 0.05) is 34.2 Å². The molecule has 0 saturated heterocycles. The van der Waals surface area contributed by atoms with Gasteiger partial charge in [0.25, 0.3) is 6.43 Å². The summed E-state index contributed by atoms with van der Waals surface area (Å²) in [6.45, 7) is 0. The summed E-state index contributed by atoms with van der Waals surface area (Å²) in [6, 6.07) is 31.8. The van der Waals surface area contributed by atoms with Crippen LogP contribution in [0.3, 0.4) is 0 Å². The summed E-state index contributed by atoms with van der Waals surface area (Å²) in [7, 11) is 1.39. The van der Waals surface area contributed by atoms with E-state index in [0.717, 1.165) is 10.9 Å². The van der Waals surface area contributed by atoms with Crippen LogP contribution >= 0.6 is 11.6 Å². The van der Waals surface area contributed by atoms with Crippen LogP contribution in [0.4, 0.5) is 8.78 Å². The van der Waals surface area contributed by atoms with Gasteiger partial charge in [-0.1, -0.05) is 72.3 Å². The second kappa shape index (κ2) is 11.5. The fraction of sp³-hybridized carbons (Fsp3) is 0.205. The Kier molecular flexibility index (Phi) is 7.30. The number of para-hydroxylation sites is 1. The maximum absolute atomic E-state index is 14.4. The molecule has 2 aliphatic rings. The smallest absolute Gasteiger partial charge is 0.263 e. The predicted molar refractivity (Wildman–Crippen MR) is 180 cm³/mol. The minimum absolute atomic E-state index is 0.0205. The van der Waals surface area contributed by atoms with E-state index in [1.54, 1.807) is 24.3 Å². The third-order valence-electron chi connectivity index (χ3n) is 10.1. The molecule has 0 unspecified atom stereocenters. The number of aromatic nitrogens is 2. The van der Waals surface area contributed by atoms with Crippen molar-refractivity contribution in [3.8, 4) is 17.7 Å². The molecule has 6 aromatic rings. The standard InChI is InChI=1S/C39H28ClF2N3O4/c1-48-37-34-31(19-32(40)45-37)49-39(26-13-11-21(20-43)12-14-26)33(22-7-3-2-4-8-22)28(35(46)38(34,39)47)17-24-15-25(36(41)42)18-30-27(24)16-23-9-5-6-10-29(23)44-30/h2-16,18-19,28,33,35-36,46-47H,17H2,1H3/t28-,33+,35+,38-,39-/m0/s1. The lowest BCUT2D eigenvalue weighted by Crippen LogP contribution is -2.52. The van der Waals surface area contributed by atoms with Gasteiger partial charge in [0.2, 0.25) is 5.88 Å². The molecule has 0 spiro atoms. The molecule has 1 aliphatic carbocycles. The zero-order valence-corrected chi connectivity index (χ0v) is 26.8. The molecule has 10 heteroatoms. The first kappa shape index (κ1) is 31.1. The fourth-order valence-corrected chi connectivity index (χ4v) is 8.27. The maximum Gasteiger partial charge on any atom is 0.263 e. The second-order valence-corrected chi connectivity index (χ2v) is 12.9. The average molecular weight is 676 g/mol. The highest BCUT2D eigenvalue weighted by molar-refractivity contribution is 6.29. The molecular formula is C39H28ClF2N3O4. The first-order valence-electron chi connectivity index (χ1n) is 15.7. The topological polar surface area (TPSA) is 108 Å². The van der Waals surface area contributed by atoms with E-state index in [2.05, 4.69) is 11.1 Å². The summed E-state index contributed by atoms with van der Waals surface area (Å²) in [5, 5.41) is 37.0. The van der Waals surface area contributed by atoms with Crippen LogP contribution in [0.25, 0.3) is 21.8 Å². The Morgan fingerprint density at radius 2 is 1.69 bits per heavy atom. The molecule has 4 aromatic carbocycles. The van der Waals surface area contributed by atoms with Crippen molar-refractivity contribution in [2.75, 3.05) is 7.11 Å². The van der Waals surface area contributed by atoms with E-state index in [1.165, 1.54) is 25.3 Å². The summed E-state index contributed by atoms with van der Waals surface area (Å²) < 4.78 is 41.3. The van der Waals surface area contributed by atoms with E-state index in [9.17, 15) is 24.3 Å². The summed E-state index contributed by atoms with van der Waals surface area (Å²) in [4.78, 5) is 9.05. The van der Waals surface area contributed by atoms with Gasteiger partial charge < -0.3 is 19.7 Å². The Labute approximate surface area is 285 Å². The number of aliphatic hydroxyl groups excluding tert-OH is 1. The molecular weight excluding hydrogens is 648 g/mol. The van der Waals surface area contributed by atoms with E-state index in [4.69, 9.17) is 26.1 Å². The molecule has 5 atom stereocenters. The van der Waals surface area contributed by atoms with Crippen molar-refractivity contribution in [2.45, 2.75) is 36.1 Å². The van der Waals surface area contributed by atoms with Gasteiger partial charge in [-0.2, -0.15) is 5.26 Å². The van der Waals surface area contributed by atoms with Crippen LogP contribution in [0.15, 0.2) is 103 Å². The van der Waals surface area contributed by atoms with Gasteiger partial charge in [-0.3, -0.25) is 0 Å². The van der Waals surface area contributed by atoms with Gasteiger partial charge in [0.15, 0.2) is 11.2 Å². The number of hydrogen-bond donors (Lipinski definition) is 2. The number of methoxy groups -OCH3 is 1. The molecule has 0 amide bonds. The minimum atomic E-state index is -2.77. The maximum atomic E-state index is 14.4. The van der Waals surface area contributed by atoms with Crippen LogP contribution in [0.2, 0.25) is 5.15 Å². The third kappa shape index (κ3) is 4.52. The molecule has 7 nitrogen and oxygen atoms in total. The number of nitriles is 1. The number of nitrogens with zero attached hydrogens (tertiary/aromatic N) is 3. The van der Waals surface area contributed by atoms with E-state index in [1.807, 2.05) is 60.7 Å². The lowest BCUT2D eigenvalue weighted by Gasteiger charge is -2.41. The first-order valence-corrected chi connectivity index (χ1v) is 16.1. The van der Waals surface area contributed by atoms with E-state index in [0.29, 0.717) is 33.1 Å². The van der Waals surface area contributed by atoms with Gasteiger partial charge in [-0.05, 0) is 59.5 Å². The molecule has 49 heavy (non-hydrogen) atoms. The SMILES string of the molecule is COc1nc(Cl)cc2c1[C@]1(O)[C@H](O)[C@@H](Cc3cc(C(F)F)cc4nc5ccccc5cc34)[C@@H](c3ccccc3)[C@]1(c1ccc(C#N)cc1)O2. The largest absolute Gasteiger partial charge is 0.481 e. The number of aliphatic hydroxyl groups is 2. The summed E-state index contributed by atoms with van der Waals surface area (Å²) >= 11 is 6.38. The van der Waals surface area contributed by atoms with Crippen molar-refractivity contribution in [3.63, 3.8) is 0 Å². The molecule has 244 valence electrons. The highest BCUT2D eigenvalue weighted by Gasteiger charge is 2.76. The van der Waals surface area contributed by atoms with E-state index in [-0.39, 0.29) is 34.3 Å². The van der Waals surface area contributed by atoms with Crippen molar-refractivity contribution in [1.29, 1.82) is 5.26 Å². The Hall–Kier alpha value is -5.14. The molecule has 3 heterocycles. The monoisotopic (exact) mass is 675 g/mol. The van der Waals surface area contributed by atoms with Crippen LogP contribution < -0.4 is 9.47 Å².